The van der Waals surface area contributed by atoms with Crippen LogP contribution in [0, 0.1) is 0 Å². The first-order valence-corrected chi connectivity index (χ1v) is 9.65. The van der Waals surface area contributed by atoms with Gasteiger partial charge in [-0.1, -0.05) is 41.9 Å². The average molecular weight is 407 g/mol. The Hall–Kier alpha value is -2.81. The first-order valence-electron chi connectivity index (χ1n) is 7.79. The van der Waals surface area contributed by atoms with E-state index in [-0.39, 0.29) is 22.3 Å². The van der Waals surface area contributed by atoms with Gasteiger partial charge in [0.2, 0.25) is 0 Å². The largest absolute Gasteiger partial charge is 0.486 e. The summed E-state index contributed by atoms with van der Waals surface area (Å²) in [7, 11) is -4.01. The molecule has 27 heavy (non-hydrogen) atoms. The quantitative estimate of drug-likeness (QED) is 0.587. The van der Waals surface area contributed by atoms with Crippen LogP contribution in [-0.4, -0.2) is 14.3 Å². The smallest absolute Gasteiger partial charge is 0.301 e. The number of sulfonamides is 1. The van der Waals surface area contributed by atoms with Crippen molar-refractivity contribution in [2.45, 2.75) is 11.5 Å². The fourth-order valence-electron chi connectivity index (χ4n) is 2.14. The molecule has 2 N–H and O–H groups in total. The standard InChI is InChI=1S/C18H15ClN2O5S/c19-15-8-4-5-9-17(15)27(23,24)21-20-18(22)16-11-10-14(26-16)12-25-13-6-2-1-3-7-13/h1-11,21H,12H2,(H,20,22). The van der Waals surface area contributed by atoms with Crippen LogP contribution in [0.4, 0.5) is 0 Å². The number of hydrogen-bond acceptors (Lipinski definition) is 5. The number of furan rings is 1. The highest BCUT2D eigenvalue weighted by atomic mass is 35.5. The number of halogens is 1. The monoisotopic (exact) mass is 406 g/mol. The molecule has 2 aromatic carbocycles. The Morgan fingerprint density at radius 2 is 1.70 bits per heavy atom. The number of hydrazine groups is 1. The molecule has 1 heterocycles. The molecule has 0 radical (unpaired) electrons. The van der Waals surface area contributed by atoms with Crippen molar-refractivity contribution in [1.29, 1.82) is 0 Å². The lowest BCUT2D eigenvalue weighted by Gasteiger charge is -2.08. The first-order chi connectivity index (χ1) is 13.0. The van der Waals surface area contributed by atoms with E-state index in [1.807, 2.05) is 23.0 Å². The fourth-order valence-corrected chi connectivity index (χ4v) is 3.50. The Balaban J connectivity index is 1.59. The third kappa shape index (κ3) is 4.88. The molecular weight excluding hydrogens is 392 g/mol. The number of rotatable bonds is 7. The van der Waals surface area contributed by atoms with Gasteiger partial charge >= 0.3 is 5.91 Å². The minimum atomic E-state index is -4.01. The highest BCUT2D eigenvalue weighted by molar-refractivity contribution is 7.89. The van der Waals surface area contributed by atoms with Crippen LogP contribution >= 0.6 is 11.6 Å². The van der Waals surface area contributed by atoms with Crippen LogP contribution in [0.25, 0.3) is 0 Å². The van der Waals surface area contributed by atoms with Crippen molar-refractivity contribution in [3.05, 3.63) is 83.3 Å². The lowest BCUT2D eigenvalue weighted by Crippen LogP contribution is -2.41. The number of carbonyl (C=O) groups excluding carboxylic acids is 1. The van der Waals surface area contributed by atoms with Crippen molar-refractivity contribution >= 4 is 27.5 Å². The third-order valence-electron chi connectivity index (χ3n) is 3.43. The maximum Gasteiger partial charge on any atom is 0.301 e. The predicted octanol–water partition coefficient (Wildman–Crippen LogP) is 3.14. The molecule has 0 aliphatic heterocycles. The van der Waals surface area contributed by atoms with Crippen molar-refractivity contribution in [1.82, 2.24) is 10.3 Å². The van der Waals surface area contributed by atoms with Crippen molar-refractivity contribution in [3.8, 4) is 5.75 Å². The van der Waals surface area contributed by atoms with E-state index < -0.39 is 15.9 Å². The highest BCUT2D eigenvalue weighted by Crippen LogP contribution is 2.19. The van der Waals surface area contributed by atoms with Crippen LogP contribution in [-0.2, 0) is 16.6 Å². The van der Waals surface area contributed by atoms with E-state index in [1.54, 1.807) is 24.3 Å². The van der Waals surface area contributed by atoms with Crippen LogP contribution in [0.1, 0.15) is 16.3 Å². The van der Waals surface area contributed by atoms with Gasteiger partial charge in [-0.3, -0.25) is 10.2 Å². The van der Waals surface area contributed by atoms with E-state index in [2.05, 4.69) is 5.43 Å². The van der Waals surface area contributed by atoms with Crippen LogP contribution in [0.15, 0.2) is 76.0 Å². The van der Waals surface area contributed by atoms with E-state index in [1.165, 1.54) is 24.3 Å². The van der Waals surface area contributed by atoms with E-state index in [4.69, 9.17) is 20.8 Å². The maximum absolute atomic E-state index is 12.2. The molecule has 0 fully saturated rings. The summed E-state index contributed by atoms with van der Waals surface area (Å²) in [5.41, 5.74) is 2.08. The third-order valence-corrected chi connectivity index (χ3v) is 5.18. The zero-order chi connectivity index (χ0) is 19.3. The zero-order valence-corrected chi connectivity index (χ0v) is 15.5. The van der Waals surface area contributed by atoms with Gasteiger partial charge in [-0.25, -0.2) is 8.42 Å². The number of amides is 1. The van der Waals surface area contributed by atoms with Gasteiger partial charge < -0.3 is 9.15 Å². The zero-order valence-electron chi connectivity index (χ0n) is 13.9. The average Bonchev–Trinajstić information content (AvgIpc) is 3.15. The highest BCUT2D eigenvalue weighted by Gasteiger charge is 2.19. The summed E-state index contributed by atoms with van der Waals surface area (Å²) in [6.07, 6.45) is 0. The van der Waals surface area contributed by atoms with E-state index in [9.17, 15) is 13.2 Å². The van der Waals surface area contributed by atoms with Crippen LogP contribution < -0.4 is 15.0 Å². The van der Waals surface area contributed by atoms with Gasteiger partial charge in [0.1, 0.15) is 23.0 Å². The molecule has 0 unspecified atom stereocenters. The molecular formula is C18H15ClN2O5S. The van der Waals surface area contributed by atoms with E-state index in [0.29, 0.717) is 11.5 Å². The molecule has 0 spiro atoms. The molecule has 9 heteroatoms. The van der Waals surface area contributed by atoms with Gasteiger partial charge in [-0.15, -0.1) is 4.83 Å². The molecule has 1 amide bonds. The van der Waals surface area contributed by atoms with Crippen molar-refractivity contribution in [3.63, 3.8) is 0 Å². The number of carbonyl (C=O) groups is 1. The first kappa shape index (κ1) is 19.0. The van der Waals surface area contributed by atoms with E-state index >= 15 is 0 Å². The van der Waals surface area contributed by atoms with Gasteiger partial charge in [-0.2, -0.15) is 0 Å². The van der Waals surface area contributed by atoms with Crippen LogP contribution in [0.2, 0.25) is 5.02 Å². The number of hydrogen-bond donors (Lipinski definition) is 2. The minimum Gasteiger partial charge on any atom is -0.486 e. The molecule has 3 rings (SSSR count). The van der Waals surface area contributed by atoms with Gasteiger partial charge in [-0.05, 0) is 36.4 Å². The predicted molar refractivity (Wildman–Crippen MR) is 98.7 cm³/mol. The summed E-state index contributed by atoms with van der Waals surface area (Å²) in [5, 5.41) is 0.0394. The van der Waals surface area contributed by atoms with Crippen LogP contribution in [0.5, 0.6) is 5.75 Å². The number of para-hydroxylation sites is 1. The van der Waals surface area contributed by atoms with E-state index in [0.717, 1.165) is 0 Å². The van der Waals surface area contributed by atoms with Gasteiger partial charge in [0, 0.05) is 0 Å². The second kappa shape index (κ2) is 8.26. The Morgan fingerprint density at radius 3 is 2.44 bits per heavy atom. The molecule has 0 saturated heterocycles. The second-order valence-corrected chi connectivity index (χ2v) is 7.42. The molecule has 0 bridgehead atoms. The maximum atomic E-state index is 12.2. The topological polar surface area (TPSA) is 97.6 Å². The second-order valence-electron chi connectivity index (χ2n) is 5.36. The van der Waals surface area contributed by atoms with Crippen molar-refractivity contribution < 1.29 is 22.4 Å². The van der Waals surface area contributed by atoms with Gasteiger partial charge in [0.25, 0.3) is 10.0 Å². The summed E-state index contributed by atoms with van der Waals surface area (Å²) in [6, 6.07) is 18.0. The fraction of sp³-hybridized carbons (Fsp3) is 0.0556. The molecule has 0 aliphatic rings. The van der Waals surface area contributed by atoms with Crippen LogP contribution in [0.3, 0.4) is 0 Å². The normalized spacial score (nSPS) is 11.1. The summed E-state index contributed by atoms with van der Waals surface area (Å²) < 4.78 is 35.3. The summed E-state index contributed by atoms with van der Waals surface area (Å²) in [5.74, 6) is 0.255. The Morgan fingerprint density at radius 1 is 1.00 bits per heavy atom. The van der Waals surface area contributed by atoms with Crippen molar-refractivity contribution in [2.24, 2.45) is 0 Å². The Labute approximate surface area is 160 Å². The van der Waals surface area contributed by atoms with Gasteiger partial charge in [0.05, 0.1) is 5.02 Å². The molecule has 7 nitrogen and oxygen atoms in total. The molecule has 0 atom stereocenters. The van der Waals surface area contributed by atoms with Gasteiger partial charge in [0.15, 0.2) is 5.76 Å². The lowest BCUT2D eigenvalue weighted by atomic mass is 10.3. The molecule has 0 saturated carbocycles. The number of nitrogens with one attached hydrogen (secondary N) is 2. The number of benzene rings is 2. The Bertz CT molecular complexity index is 1030. The minimum absolute atomic E-state index is 0.0394. The summed E-state index contributed by atoms with van der Waals surface area (Å²) >= 11 is 5.87. The number of ether oxygens (including phenoxy) is 1. The Kier molecular flexibility index (Phi) is 5.80. The summed E-state index contributed by atoms with van der Waals surface area (Å²) in [6.45, 7) is 0.128. The molecule has 140 valence electrons. The lowest BCUT2D eigenvalue weighted by molar-refractivity contribution is 0.0913. The molecule has 0 aliphatic carbocycles. The molecule has 3 aromatic rings. The molecule has 1 aromatic heterocycles. The van der Waals surface area contributed by atoms with Crippen molar-refractivity contribution in [2.75, 3.05) is 0 Å². The summed E-state index contributed by atoms with van der Waals surface area (Å²) in [4.78, 5) is 13.9. The SMILES string of the molecule is O=C(NNS(=O)(=O)c1ccccc1Cl)c1ccc(COc2ccccc2)o1.